The first-order chi connectivity index (χ1) is 10.6. The second-order valence-corrected chi connectivity index (χ2v) is 8.70. The van der Waals surface area contributed by atoms with Crippen LogP contribution in [0.1, 0.15) is 59.3 Å². The number of aliphatic hydroxyl groups is 1. The third kappa shape index (κ3) is 3.79. The maximum Gasteiger partial charge on any atom is 0.408 e. The Morgan fingerprint density at radius 3 is 2.30 bits per heavy atom. The van der Waals surface area contributed by atoms with Gasteiger partial charge in [-0.25, -0.2) is 4.79 Å². The van der Waals surface area contributed by atoms with E-state index in [1.807, 2.05) is 0 Å². The number of nitrogens with one attached hydrogen (secondary N) is 1. The van der Waals surface area contributed by atoms with Crippen LogP contribution in [0.25, 0.3) is 0 Å². The highest BCUT2D eigenvalue weighted by atomic mass is 16.6. The van der Waals surface area contributed by atoms with Crippen molar-refractivity contribution in [2.75, 3.05) is 6.54 Å². The minimum absolute atomic E-state index is 0.204. The minimum atomic E-state index is -0.664. The number of amides is 1. The molecule has 4 aliphatic carbocycles. The number of esters is 1. The molecule has 0 radical (unpaired) electrons. The maximum atomic E-state index is 12.1. The predicted octanol–water partition coefficient (Wildman–Crippen LogP) is 2.14. The van der Waals surface area contributed by atoms with Crippen molar-refractivity contribution >= 4 is 12.1 Å². The van der Waals surface area contributed by atoms with Crippen LogP contribution >= 0.6 is 0 Å². The van der Waals surface area contributed by atoms with Gasteiger partial charge in [0.1, 0.15) is 17.7 Å². The summed E-state index contributed by atoms with van der Waals surface area (Å²) in [7, 11) is 0. The maximum absolute atomic E-state index is 12.1. The van der Waals surface area contributed by atoms with Crippen molar-refractivity contribution < 1.29 is 24.2 Å². The normalized spacial score (nSPS) is 38.3. The van der Waals surface area contributed by atoms with E-state index >= 15 is 0 Å². The molecule has 0 aliphatic heterocycles. The van der Waals surface area contributed by atoms with Gasteiger partial charge in [-0.3, -0.25) is 4.79 Å². The average Bonchev–Trinajstić information content (AvgIpc) is 2.30. The smallest absolute Gasteiger partial charge is 0.408 e. The first-order valence-corrected chi connectivity index (χ1v) is 8.48. The summed E-state index contributed by atoms with van der Waals surface area (Å²) in [4.78, 5) is 23.7. The number of carbonyl (C=O) groups excluding carboxylic acids is 2. The molecule has 4 atom stereocenters. The topological polar surface area (TPSA) is 84.9 Å². The van der Waals surface area contributed by atoms with Crippen molar-refractivity contribution in [2.45, 2.75) is 76.1 Å². The van der Waals surface area contributed by atoms with E-state index in [1.165, 1.54) is 0 Å². The highest BCUT2D eigenvalue weighted by molar-refractivity contribution is 5.78. The molecule has 4 bridgehead atoms. The highest BCUT2D eigenvalue weighted by Gasteiger charge is 2.59. The van der Waals surface area contributed by atoms with Gasteiger partial charge in [0.2, 0.25) is 0 Å². The largest absolute Gasteiger partial charge is 0.458 e. The summed E-state index contributed by atoms with van der Waals surface area (Å²) in [5.74, 6) is 0.446. The molecule has 0 aromatic carbocycles. The van der Waals surface area contributed by atoms with Gasteiger partial charge in [-0.2, -0.15) is 0 Å². The SMILES string of the molecule is CC(C)(C)OC(=O)NCC(=O)OC12C[C@@H]3C[C@@H](CC(O)(C3)C1)C2. The summed E-state index contributed by atoms with van der Waals surface area (Å²) in [6.45, 7) is 5.09. The van der Waals surface area contributed by atoms with Crippen LogP contribution in [-0.4, -0.2) is 40.5 Å². The lowest BCUT2D eigenvalue weighted by Crippen LogP contribution is -2.60. The van der Waals surface area contributed by atoms with Gasteiger partial charge in [0.15, 0.2) is 0 Å². The van der Waals surface area contributed by atoms with Crippen molar-refractivity contribution in [2.24, 2.45) is 11.8 Å². The summed E-state index contributed by atoms with van der Waals surface area (Å²) < 4.78 is 10.8. The van der Waals surface area contributed by atoms with E-state index in [0.29, 0.717) is 18.3 Å². The number of hydrogen-bond donors (Lipinski definition) is 2. The zero-order valence-electron chi connectivity index (χ0n) is 14.2. The van der Waals surface area contributed by atoms with Gasteiger partial charge in [-0.15, -0.1) is 0 Å². The summed E-state index contributed by atoms with van der Waals surface area (Å²) in [5.41, 5.74) is -1.80. The predicted molar refractivity (Wildman–Crippen MR) is 82.7 cm³/mol. The molecule has 4 rings (SSSR count). The molecule has 6 nitrogen and oxygen atoms in total. The Kier molecular flexibility index (Phi) is 3.86. The van der Waals surface area contributed by atoms with E-state index in [9.17, 15) is 14.7 Å². The first-order valence-electron chi connectivity index (χ1n) is 8.48. The molecule has 0 aromatic heterocycles. The molecule has 2 N–H and O–H groups in total. The molecule has 4 saturated carbocycles. The fourth-order valence-electron chi connectivity index (χ4n) is 4.99. The molecule has 0 saturated heterocycles. The van der Waals surface area contributed by atoms with Gasteiger partial charge >= 0.3 is 12.1 Å². The van der Waals surface area contributed by atoms with Crippen LogP contribution < -0.4 is 5.32 Å². The lowest BCUT2D eigenvalue weighted by Gasteiger charge is -2.59. The zero-order chi connectivity index (χ0) is 16.9. The Morgan fingerprint density at radius 2 is 1.78 bits per heavy atom. The summed E-state index contributed by atoms with van der Waals surface area (Å²) >= 11 is 0. The quantitative estimate of drug-likeness (QED) is 0.777. The van der Waals surface area contributed by atoms with Gasteiger partial charge in [-0.1, -0.05) is 0 Å². The molecule has 2 unspecified atom stereocenters. The van der Waals surface area contributed by atoms with E-state index in [1.54, 1.807) is 20.8 Å². The number of alkyl carbamates (subject to hydrolysis) is 1. The van der Waals surface area contributed by atoms with Crippen LogP contribution in [0, 0.1) is 11.8 Å². The highest BCUT2D eigenvalue weighted by Crippen LogP contribution is 2.58. The van der Waals surface area contributed by atoms with Gasteiger partial charge in [0, 0.05) is 6.42 Å². The van der Waals surface area contributed by atoms with Gasteiger partial charge in [-0.05, 0) is 64.7 Å². The van der Waals surface area contributed by atoms with E-state index in [4.69, 9.17) is 9.47 Å². The Balaban J connectivity index is 1.53. The second-order valence-electron chi connectivity index (χ2n) is 8.70. The third-order valence-electron chi connectivity index (χ3n) is 5.08. The fraction of sp³-hybridized carbons (Fsp3) is 0.882. The molecule has 0 heterocycles. The lowest BCUT2D eigenvalue weighted by molar-refractivity contribution is -0.219. The Hall–Kier alpha value is -1.30. The molecule has 23 heavy (non-hydrogen) atoms. The zero-order valence-corrected chi connectivity index (χ0v) is 14.2. The number of ether oxygens (including phenoxy) is 2. The number of hydrogen-bond acceptors (Lipinski definition) is 5. The summed E-state index contributed by atoms with van der Waals surface area (Å²) in [6.07, 6.45) is 4.38. The van der Waals surface area contributed by atoms with Crippen molar-refractivity contribution in [3.63, 3.8) is 0 Å². The van der Waals surface area contributed by atoms with Crippen LogP contribution in [-0.2, 0) is 14.3 Å². The molecule has 4 fully saturated rings. The Bertz CT molecular complexity index is 496. The van der Waals surface area contributed by atoms with E-state index in [0.717, 1.165) is 32.1 Å². The van der Waals surface area contributed by atoms with Crippen LogP contribution in [0.3, 0.4) is 0 Å². The Labute approximate surface area is 136 Å². The van der Waals surface area contributed by atoms with Crippen LogP contribution in [0.15, 0.2) is 0 Å². The molecule has 130 valence electrons. The summed E-state index contributed by atoms with van der Waals surface area (Å²) in [6, 6.07) is 0. The van der Waals surface area contributed by atoms with Crippen LogP contribution in [0.4, 0.5) is 4.79 Å². The van der Waals surface area contributed by atoms with Crippen molar-refractivity contribution in [3.05, 3.63) is 0 Å². The van der Waals surface area contributed by atoms with Gasteiger partial charge in [0.05, 0.1) is 5.60 Å². The van der Waals surface area contributed by atoms with Gasteiger partial charge in [0.25, 0.3) is 0 Å². The van der Waals surface area contributed by atoms with Crippen LogP contribution in [0.2, 0.25) is 0 Å². The lowest BCUT2D eigenvalue weighted by atomic mass is 9.52. The standard InChI is InChI=1S/C17H27NO5/c1-15(2,3)23-14(20)18-9-13(19)22-17-7-11-4-12(8-17)6-16(21,5-11)10-17/h11-12,21H,4-10H2,1-3H3,(H,18,20)/t11-,12+,16?,17?. The second kappa shape index (κ2) is 5.36. The molecule has 4 aliphatic rings. The fourth-order valence-corrected chi connectivity index (χ4v) is 4.99. The minimum Gasteiger partial charge on any atom is -0.458 e. The van der Waals surface area contributed by atoms with Crippen molar-refractivity contribution in [1.29, 1.82) is 0 Å². The van der Waals surface area contributed by atoms with Crippen molar-refractivity contribution in [1.82, 2.24) is 5.32 Å². The third-order valence-corrected chi connectivity index (χ3v) is 5.08. The Morgan fingerprint density at radius 1 is 1.17 bits per heavy atom. The average molecular weight is 325 g/mol. The van der Waals surface area contributed by atoms with Gasteiger partial charge < -0.3 is 19.9 Å². The molecule has 0 aromatic rings. The van der Waals surface area contributed by atoms with Crippen LogP contribution in [0.5, 0.6) is 0 Å². The van der Waals surface area contributed by atoms with E-state index in [2.05, 4.69) is 5.32 Å². The molecule has 1 amide bonds. The molecular weight excluding hydrogens is 298 g/mol. The number of rotatable bonds is 3. The molecule has 0 spiro atoms. The van der Waals surface area contributed by atoms with E-state index < -0.39 is 28.9 Å². The van der Waals surface area contributed by atoms with E-state index in [-0.39, 0.29) is 6.54 Å². The molecule has 6 heteroatoms. The number of carbonyl (C=O) groups is 2. The van der Waals surface area contributed by atoms with Crippen molar-refractivity contribution in [3.8, 4) is 0 Å². The summed E-state index contributed by atoms with van der Waals surface area (Å²) in [5, 5.41) is 13.1. The molecular formula is C17H27NO5. The first kappa shape index (κ1) is 16.6. The monoisotopic (exact) mass is 325 g/mol.